The lowest BCUT2D eigenvalue weighted by atomic mass is 10.3. The molecule has 0 fully saturated rings. The number of hydrogen-bond acceptors (Lipinski definition) is 3. The Morgan fingerprint density at radius 1 is 1.29 bits per heavy atom. The second-order valence-electron chi connectivity index (χ2n) is 2.74. The van der Waals surface area contributed by atoms with Gasteiger partial charge >= 0.3 is 0 Å². The molecule has 4 heteroatoms. The van der Waals surface area contributed by atoms with E-state index in [1.165, 1.54) is 0 Å². The first-order valence-corrected chi connectivity index (χ1v) is 4.51. The average Bonchev–Trinajstić information content (AvgIpc) is 2.19. The van der Waals surface area contributed by atoms with E-state index < -0.39 is 11.3 Å². The number of ether oxygens (including phenoxy) is 2. The van der Waals surface area contributed by atoms with Crippen LogP contribution in [0.2, 0.25) is 0 Å². The molecule has 0 aliphatic rings. The Bertz CT molecular complexity index is 308. The van der Waals surface area contributed by atoms with Gasteiger partial charge in [-0.15, -0.1) is 0 Å². The van der Waals surface area contributed by atoms with E-state index in [0.29, 0.717) is 5.75 Å². The number of benzene rings is 1. The average molecular weight is 215 g/mol. The van der Waals surface area contributed by atoms with Gasteiger partial charge in [0.2, 0.25) is 0 Å². The van der Waals surface area contributed by atoms with E-state index in [-0.39, 0.29) is 0 Å². The molecule has 1 rings (SSSR count). The van der Waals surface area contributed by atoms with Crippen molar-refractivity contribution < 1.29 is 14.3 Å². The Morgan fingerprint density at radius 2 is 1.79 bits per heavy atom. The normalized spacial score (nSPS) is 11.9. The van der Waals surface area contributed by atoms with Crippen LogP contribution in [0.15, 0.2) is 24.3 Å². The SMILES string of the molecule is COc1ccc(O[C@H](C)C(=O)Cl)cc1. The standard InChI is InChI=1S/C10H11ClO3/c1-7(10(11)12)14-9-5-3-8(13-2)4-6-9/h3-7H,1-2H3/t7-/m1/s1. The van der Waals surface area contributed by atoms with Crippen LogP contribution in [0.3, 0.4) is 0 Å². The zero-order chi connectivity index (χ0) is 10.6. The molecule has 0 N–H and O–H groups in total. The molecule has 0 aliphatic carbocycles. The summed E-state index contributed by atoms with van der Waals surface area (Å²) in [5, 5.41) is -0.513. The van der Waals surface area contributed by atoms with Gasteiger partial charge in [0, 0.05) is 0 Å². The lowest BCUT2D eigenvalue weighted by Gasteiger charge is -2.10. The highest BCUT2D eigenvalue weighted by Crippen LogP contribution is 2.18. The largest absolute Gasteiger partial charge is 0.497 e. The van der Waals surface area contributed by atoms with Crippen molar-refractivity contribution in [2.24, 2.45) is 0 Å². The van der Waals surface area contributed by atoms with Crippen LogP contribution < -0.4 is 9.47 Å². The molecule has 3 nitrogen and oxygen atoms in total. The summed E-state index contributed by atoms with van der Waals surface area (Å²) in [6, 6.07) is 6.94. The lowest BCUT2D eigenvalue weighted by molar-refractivity contribution is -0.117. The van der Waals surface area contributed by atoms with Crippen LogP contribution in [-0.4, -0.2) is 18.5 Å². The van der Waals surface area contributed by atoms with Crippen LogP contribution in [0.25, 0.3) is 0 Å². The molecule has 0 amide bonds. The lowest BCUT2D eigenvalue weighted by Crippen LogP contribution is -2.18. The number of methoxy groups -OCH3 is 1. The van der Waals surface area contributed by atoms with Gasteiger partial charge in [-0.1, -0.05) is 0 Å². The van der Waals surface area contributed by atoms with Crippen molar-refractivity contribution in [1.29, 1.82) is 0 Å². The van der Waals surface area contributed by atoms with Crippen molar-refractivity contribution in [2.75, 3.05) is 7.11 Å². The zero-order valence-corrected chi connectivity index (χ0v) is 8.75. The molecule has 0 bridgehead atoms. The number of carbonyl (C=O) groups excluding carboxylic acids is 1. The third kappa shape index (κ3) is 2.92. The van der Waals surface area contributed by atoms with Gasteiger partial charge in [-0.05, 0) is 42.8 Å². The first-order valence-electron chi connectivity index (χ1n) is 4.13. The number of halogens is 1. The molecule has 14 heavy (non-hydrogen) atoms. The Morgan fingerprint density at radius 3 is 2.21 bits per heavy atom. The number of rotatable bonds is 4. The minimum absolute atomic E-state index is 0.513. The quantitative estimate of drug-likeness (QED) is 0.721. The first-order chi connectivity index (χ1) is 6.63. The minimum atomic E-state index is -0.634. The van der Waals surface area contributed by atoms with E-state index in [1.54, 1.807) is 38.3 Å². The third-order valence-corrected chi connectivity index (χ3v) is 2.00. The van der Waals surface area contributed by atoms with Crippen LogP contribution in [-0.2, 0) is 4.79 Å². The van der Waals surface area contributed by atoms with Crippen molar-refractivity contribution in [2.45, 2.75) is 13.0 Å². The van der Waals surface area contributed by atoms with Gasteiger partial charge in [-0.2, -0.15) is 0 Å². The summed E-state index contributed by atoms with van der Waals surface area (Å²) < 4.78 is 10.2. The monoisotopic (exact) mass is 214 g/mol. The summed E-state index contributed by atoms with van der Waals surface area (Å²) in [6.07, 6.45) is -0.634. The van der Waals surface area contributed by atoms with Crippen LogP contribution in [0.5, 0.6) is 11.5 Å². The van der Waals surface area contributed by atoms with E-state index in [9.17, 15) is 4.79 Å². The fraction of sp³-hybridized carbons (Fsp3) is 0.300. The smallest absolute Gasteiger partial charge is 0.262 e. The maximum Gasteiger partial charge on any atom is 0.262 e. The molecule has 1 atom stereocenters. The summed E-state index contributed by atoms with van der Waals surface area (Å²) in [7, 11) is 1.58. The molecule has 76 valence electrons. The van der Waals surface area contributed by atoms with E-state index in [0.717, 1.165) is 5.75 Å². The third-order valence-electron chi connectivity index (χ3n) is 1.69. The molecule has 0 saturated carbocycles. The summed E-state index contributed by atoms with van der Waals surface area (Å²) in [4.78, 5) is 10.7. The molecule has 0 aromatic heterocycles. The van der Waals surface area contributed by atoms with Crippen molar-refractivity contribution >= 4 is 16.8 Å². The van der Waals surface area contributed by atoms with Gasteiger partial charge in [0.05, 0.1) is 7.11 Å². The van der Waals surface area contributed by atoms with Gasteiger partial charge in [-0.3, -0.25) is 4.79 Å². The van der Waals surface area contributed by atoms with Gasteiger partial charge in [0.25, 0.3) is 5.24 Å². The summed E-state index contributed by atoms with van der Waals surface area (Å²) in [5.41, 5.74) is 0. The van der Waals surface area contributed by atoms with Crippen LogP contribution in [0.1, 0.15) is 6.92 Å². The first kappa shape index (κ1) is 10.9. The maximum atomic E-state index is 10.7. The molecule has 0 unspecified atom stereocenters. The molecule has 0 saturated heterocycles. The summed E-state index contributed by atoms with van der Waals surface area (Å²) >= 11 is 5.25. The Hall–Kier alpha value is -1.22. The Balaban J connectivity index is 2.64. The van der Waals surface area contributed by atoms with Gasteiger partial charge in [-0.25, -0.2) is 0 Å². The Kier molecular flexibility index (Phi) is 3.77. The van der Waals surface area contributed by atoms with Crippen molar-refractivity contribution in [3.63, 3.8) is 0 Å². The van der Waals surface area contributed by atoms with Crippen LogP contribution in [0.4, 0.5) is 0 Å². The van der Waals surface area contributed by atoms with Gasteiger partial charge < -0.3 is 9.47 Å². The van der Waals surface area contributed by atoms with E-state index >= 15 is 0 Å². The fourth-order valence-corrected chi connectivity index (χ4v) is 0.949. The molecule has 0 spiro atoms. The fourth-order valence-electron chi connectivity index (χ4n) is 0.905. The molecule has 0 heterocycles. The minimum Gasteiger partial charge on any atom is -0.497 e. The Labute approximate surface area is 87.6 Å². The van der Waals surface area contributed by atoms with Crippen LogP contribution >= 0.6 is 11.6 Å². The molecule has 0 radical (unpaired) electrons. The molecular formula is C10H11ClO3. The number of hydrogen-bond donors (Lipinski definition) is 0. The van der Waals surface area contributed by atoms with E-state index in [2.05, 4.69) is 0 Å². The van der Waals surface area contributed by atoms with Crippen LogP contribution in [0, 0.1) is 0 Å². The van der Waals surface area contributed by atoms with Crippen molar-refractivity contribution in [3.8, 4) is 11.5 Å². The second kappa shape index (κ2) is 4.86. The zero-order valence-electron chi connectivity index (χ0n) is 7.99. The molecule has 0 aliphatic heterocycles. The van der Waals surface area contributed by atoms with Crippen molar-refractivity contribution in [1.82, 2.24) is 0 Å². The highest BCUT2D eigenvalue weighted by atomic mass is 35.5. The van der Waals surface area contributed by atoms with E-state index in [4.69, 9.17) is 21.1 Å². The predicted molar refractivity (Wildman–Crippen MR) is 53.9 cm³/mol. The highest BCUT2D eigenvalue weighted by molar-refractivity contribution is 6.64. The highest BCUT2D eigenvalue weighted by Gasteiger charge is 2.10. The van der Waals surface area contributed by atoms with Gasteiger partial charge in [0.1, 0.15) is 11.5 Å². The van der Waals surface area contributed by atoms with Crippen molar-refractivity contribution in [3.05, 3.63) is 24.3 Å². The maximum absolute atomic E-state index is 10.7. The second-order valence-corrected chi connectivity index (χ2v) is 3.11. The van der Waals surface area contributed by atoms with Gasteiger partial charge in [0.15, 0.2) is 6.10 Å². The topological polar surface area (TPSA) is 35.5 Å². The molecular weight excluding hydrogens is 204 g/mol. The molecule has 1 aromatic carbocycles. The number of carbonyl (C=O) groups is 1. The predicted octanol–water partition coefficient (Wildman–Crippen LogP) is 2.23. The van der Waals surface area contributed by atoms with E-state index in [1.807, 2.05) is 0 Å². The summed E-state index contributed by atoms with van der Waals surface area (Å²) in [6.45, 7) is 1.60. The molecule has 1 aromatic rings. The summed E-state index contributed by atoms with van der Waals surface area (Å²) in [5.74, 6) is 1.33.